The maximum Gasteiger partial charge on any atom is 0.269 e. The van der Waals surface area contributed by atoms with Crippen molar-refractivity contribution in [2.75, 3.05) is 6.61 Å². The number of hydrogen-bond donors (Lipinski definition) is 1. The van der Waals surface area contributed by atoms with Crippen LogP contribution in [0.1, 0.15) is 42.5 Å². The van der Waals surface area contributed by atoms with Gasteiger partial charge in [0.1, 0.15) is 11.5 Å². The molecule has 1 N–H and O–H groups in total. The van der Waals surface area contributed by atoms with E-state index in [0.717, 1.165) is 24.0 Å². The molecule has 0 bridgehead atoms. The Kier molecular flexibility index (Phi) is 5.16. The number of carbonyl (C=O) groups excluding carboxylic acids is 1. The molecule has 3 atom stereocenters. The molecular formula is C21H21FN2O3. The van der Waals surface area contributed by atoms with E-state index in [2.05, 4.69) is 10.5 Å². The van der Waals surface area contributed by atoms with Crippen LogP contribution in [0.3, 0.4) is 0 Å². The number of nitrogens with zero attached hydrogens (tertiary/aromatic N) is 1. The van der Waals surface area contributed by atoms with Crippen molar-refractivity contribution in [1.82, 2.24) is 5.32 Å². The van der Waals surface area contributed by atoms with Crippen LogP contribution in [0.5, 0.6) is 0 Å². The van der Waals surface area contributed by atoms with E-state index in [1.54, 1.807) is 12.1 Å². The Balaban J connectivity index is 1.46. The van der Waals surface area contributed by atoms with Crippen LogP contribution in [0, 0.1) is 5.82 Å². The van der Waals surface area contributed by atoms with E-state index in [1.165, 1.54) is 12.1 Å². The first-order valence-electron chi connectivity index (χ1n) is 9.16. The molecule has 2 heterocycles. The SMILES string of the molecule is O=C(NC(c1ccc(F)cc1)C1CCCO1)C1=NOC(c2ccccc2)C1. The lowest BCUT2D eigenvalue weighted by Crippen LogP contribution is -2.39. The van der Waals surface area contributed by atoms with Gasteiger partial charge in [-0.1, -0.05) is 47.6 Å². The lowest BCUT2D eigenvalue weighted by Gasteiger charge is -2.24. The molecule has 2 aromatic rings. The summed E-state index contributed by atoms with van der Waals surface area (Å²) in [6.07, 6.45) is 1.82. The highest BCUT2D eigenvalue weighted by Gasteiger charge is 2.33. The number of ether oxygens (including phenoxy) is 1. The molecule has 0 aliphatic carbocycles. The van der Waals surface area contributed by atoms with E-state index in [4.69, 9.17) is 9.57 Å². The molecule has 140 valence electrons. The van der Waals surface area contributed by atoms with Gasteiger partial charge in [0.15, 0.2) is 6.10 Å². The molecule has 0 radical (unpaired) electrons. The van der Waals surface area contributed by atoms with Crippen molar-refractivity contribution < 1.29 is 18.8 Å². The van der Waals surface area contributed by atoms with E-state index in [9.17, 15) is 9.18 Å². The molecule has 1 fully saturated rings. The van der Waals surface area contributed by atoms with E-state index in [0.29, 0.717) is 18.7 Å². The maximum absolute atomic E-state index is 13.3. The van der Waals surface area contributed by atoms with Crippen molar-refractivity contribution in [1.29, 1.82) is 0 Å². The van der Waals surface area contributed by atoms with Gasteiger partial charge in [-0.15, -0.1) is 0 Å². The first-order valence-corrected chi connectivity index (χ1v) is 9.16. The molecule has 1 amide bonds. The topological polar surface area (TPSA) is 59.9 Å². The fourth-order valence-electron chi connectivity index (χ4n) is 3.51. The number of rotatable bonds is 5. The van der Waals surface area contributed by atoms with Crippen LogP contribution >= 0.6 is 0 Å². The fourth-order valence-corrected chi connectivity index (χ4v) is 3.51. The number of amides is 1. The Morgan fingerprint density at radius 3 is 2.63 bits per heavy atom. The second-order valence-corrected chi connectivity index (χ2v) is 6.80. The fraction of sp³-hybridized carbons (Fsp3) is 0.333. The van der Waals surface area contributed by atoms with E-state index < -0.39 is 0 Å². The Labute approximate surface area is 157 Å². The average molecular weight is 368 g/mol. The molecule has 5 nitrogen and oxygen atoms in total. The Bertz CT molecular complexity index is 817. The van der Waals surface area contributed by atoms with Gasteiger partial charge in [0.05, 0.1) is 12.1 Å². The van der Waals surface area contributed by atoms with Gasteiger partial charge >= 0.3 is 0 Å². The summed E-state index contributed by atoms with van der Waals surface area (Å²) in [4.78, 5) is 18.2. The number of hydrogen-bond acceptors (Lipinski definition) is 4. The first-order chi connectivity index (χ1) is 13.2. The van der Waals surface area contributed by atoms with Crippen molar-refractivity contribution >= 4 is 11.6 Å². The van der Waals surface area contributed by atoms with Crippen LogP contribution in [-0.4, -0.2) is 24.3 Å². The van der Waals surface area contributed by atoms with Gasteiger partial charge in [0.2, 0.25) is 0 Å². The first kappa shape index (κ1) is 17.7. The van der Waals surface area contributed by atoms with Gasteiger partial charge in [-0.3, -0.25) is 4.79 Å². The van der Waals surface area contributed by atoms with Crippen molar-refractivity contribution in [2.45, 2.75) is 37.5 Å². The number of halogens is 1. The number of carbonyl (C=O) groups is 1. The van der Waals surface area contributed by atoms with Crippen LogP contribution in [0.2, 0.25) is 0 Å². The largest absolute Gasteiger partial charge is 0.387 e. The van der Waals surface area contributed by atoms with Crippen LogP contribution in [-0.2, 0) is 14.4 Å². The molecular weight excluding hydrogens is 347 g/mol. The lowest BCUT2D eigenvalue weighted by molar-refractivity contribution is -0.116. The second-order valence-electron chi connectivity index (χ2n) is 6.80. The molecule has 0 aromatic heterocycles. The number of oxime groups is 1. The minimum atomic E-state index is -0.348. The highest BCUT2D eigenvalue weighted by molar-refractivity contribution is 6.39. The number of benzene rings is 2. The zero-order valence-electron chi connectivity index (χ0n) is 14.8. The van der Waals surface area contributed by atoms with Gasteiger partial charge in [0.25, 0.3) is 5.91 Å². The molecule has 0 saturated carbocycles. The molecule has 27 heavy (non-hydrogen) atoms. The summed E-state index contributed by atoms with van der Waals surface area (Å²) in [6.45, 7) is 0.665. The van der Waals surface area contributed by atoms with Crippen molar-refractivity contribution in [3.63, 3.8) is 0 Å². The Morgan fingerprint density at radius 1 is 1.15 bits per heavy atom. The molecule has 2 aromatic carbocycles. The summed E-state index contributed by atoms with van der Waals surface area (Å²) in [7, 11) is 0. The van der Waals surface area contributed by atoms with Gasteiger partial charge in [-0.05, 0) is 36.1 Å². The standard InChI is InChI=1S/C21H21FN2O3/c22-16-10-8-15(9-11-16)20(18-7-4-12-26-18)23-21(25)17-13-19(27-24-17)14-5-2-1-3-6-14/h1-3,5-6,8-11,18-20H,4,7,12-13H2,(H,23,25). The third-order valence-corrected chi connectivity index (χ3v) is 4.95. The van der Waals surface area contributed by atoms with Crippen LogP contribution in [0.15, 0.2) is 59.8 Å². The van der Waals surface area contributed by atoms with Crippen molar-refractivity contribution in [3.05, 3.63) is 71.5 Å². The molecule has 6 heteroatoms. The average Bonchev–Trinajstić information content (AvgIpc) is 3.40. The monoisotopic (exact) mass is 368 g/mol. The third-order valence-electron chi connectivity index (χ3n) is 4.95. The maximum atomic E-state index is 13.3. The highest BCUT2D eigenvalue weighted by atomic mass is 19.1. The second kappa shape index (κ2) is 7.88. The molecule has 2 aliphatic rings. The summed E-state index contributed by atoms with van der Waals surface area (Å²) in [5, 5.41) is 7.00. The van der Waals surface area contributed by atoms with Gasteiger partial charge in [0, 0.05) is 13.0 Å². The van der Waals surface area contributed by atoms with E-state index in [-0.39, 0.29) is 30.0 Å². The van der Waals surface area contributed by atoms with Gasteiger partial charge < -0.3 is 14.9 Å². The predicted molar refractivity (Wildman–Crippen MR) is 98.6 cm³/mol. The van der Waals surface area contributed by atoms with E-state index in [1.807, 2.05) is 30.3 Å². The zero-order valence-corrected chi connectivity index (χ0v) is 14.8. The summed E-state index contributed by atoms with van der Waals surface area (Å²) in [6, 6.07) is 15.5. The molecule has 1 saturated heterocycles. The molecule has 4 rings (SSSR count). The summed E-state index contributed by atoms with van der Waals surface area (Å²) in [5.74, 6) is -0.589. The normalized spacial score (nSPS) is 22.8. The van der Waals surface area contributed by atoms with Crippen molar-refractivity contribution in [3.8, 4) is 0 Å². The summed E-state index contributed by atoms with van der Waals surface area (Å²) < 4.78 is 19.1. The molecule has 2 aliphatic heterocycles. The third kappa shape index (κ3) is 4.01. The van der Waals surface area contributed by atoms with Crippen LogP contribution in [0.4, 0.5) is 4.39 Å². The van der Waals surface area contributed by atoms with E-state index >= 15 is 0 Å². The van der Waals surface area contributed by atoms with Crippen LogP contribution in [0.25, 0.3) is 0 Å². The highest BCUT2D eigenvalue weighted by Crippen LogP contribution is 2.29. The van der Waals surface area contributed by atoms with Gasteiger partial charge in [-0.25, -0.2) is 4.39 Å². The Hall–Kier alpha value is -2.73. The van der Waals surface area contributed by atoms with Crippen LogP contribution < -0.4 is 5.32 Å². The summed E-state index contributed by atoms with van der Waals surface area (Å²) in [5.41, 5.74) is 2.16. The minimum Gasteiger partial charge on any atom is -0.387 e. The Morgan fingerprint density at radius 2 is 1.93 bits per heavy atom. The molecule has 3 unspecified atom stereocenters. The quantitative estimate of drug-likeness (QED) is 0.876. The minimum absolute atomic E-state index is 0.132. The lowest BCUT2D eigenvalue weighted by atomic mass is 9.98. The zero-order chi connectivity index (χ0) is 18.6. The van der Waals surface area contributed by atoms with Crippen molar-refractivity contribution in [2.24, 2.45) is 5.16 Å². The number of nitrogens with one attached hydrogen (secondary N) is 1. The molecule has 0 spiro atoms. The van der Waals surface area contributed by atoms with Gasteiger partial charge in [-0.2, -0.15) is 0 Å². The smallest absolute Gasteiger partial charge is 0.269 e. The predicted octanol–water partition coefficient (Wildman–Crippen LogP) is 3.68. The summed E-state index contributed by atoms with van der Waals surface area (Å²) >= 11 is 0.